The van der Waals surface area contributed by atoms with Crippen molar-refractivity contribution in [1.29, 1.82) is 0 Å². The lowest BCUT2D eigenvalue weighted by Crippen LogP contribution is -2.51. The molecule has 0 saturated carbocycles. The van der Waals surface area contributed by atoms with Crippen LogP contribution in [0.15, 0.2) is 77.7 Å². The van der Waals surface area contributed by atoms with E-state index in [0.29, 0.717) is 17.3 Å². The molecule has 214 valence electrons. The van der Waals surface area contributed by atoms with Gasteiger partial charge in [-0.2, -0.15) is 0 Å². The third-order valence-corrected chi connectivity index (χ3v) is 8.61. The van der Waals surface area contributed by atoms with Gasteiger partial charge in [0.25, 0.3) is 10.0 Å². The Balaban J connectivity index is 2.02. The van der Waals surface area contributed by atoms with Crippen LogP contribution in [0.3, 0.4) is 0 Å². The third kappa shape index (κ3) is 7.76. The molecule has 1 atom stereocenters. The van der Waals surface area contributed by atoms with Crippen LogP contribution in [0.5, 0.6) is 5.75 Å². The van der Waals surface area contributed by atoms with Gasteiger partial charge in [-0.15, -0.1) is 0 Å². The normalized spacial score (nSPS) is 12.1. The molecule has 1 N–H and O–H groups in total. The van der Waals surface area contributed by atoms with Crippen molar-refractivity contribution in [2.75, 3.05) is 24.5 Å². The minimum Gasteiger partial charge on any atom is -0.497 e. The molecule has 40 heavy (non-hydrogen) atoms. The van der Waals surface area contributed by atoms with Crippen LogP contribution in [0.2, 0.25) is 5.02 Å². The SMILES string of the molecule is COc1ccc(CN(C(=O)CN(c2ccc(C)c(Cl)c2)S(=O)(=O)c2ccccc2)[C@H](C)C(=O)NCC(C)C)cc1. The number of carbonyl (C=O) groups is 2. The van der Waals surface area contributed by atoms with Crippen LogP contribution in [0, 0.1) is 12.8 Å². The highest BCUT2D eigenvalue weighted by Crippen LogP contribution is 2.28. The number of rotatable bonds is 12. The molecule has 0 bridgehead atoms. The second-order valence-electron chi connectivity index (χ2n) is 9.94. The number of ether oxygens (including phenoxy) is 1. The van der Waals surface area contributed by atoms with Crippen molar-refractivity contribution in [2.45, 2.75) is 45.2 Å². The average Bonchev–Trinajstić information content (AvgIpc) is 2.95. The van der Waals surface area contributed by atoms with Crippen LogP contribution < -0.4 is 14.4 Å². The van der Waals surface area contributed by atoms with E-state index in [9.17, 15) is 18.0 Å². The summed E-state index contributed by atoms with van der Waals surface area (Å²) in [4.78, 5) is 28.4. The van der Waals surface area contributed by atoms with E-state index in [0.717, 1.165) is 15.4 Å². The van der Waals surface area contributed by atoms with E-state index in [2.05, 4.69) is 5.32 Å². The molecule has 3 aromatic rings. The summed E-state index contributed by atoms with van der Waals surface area (Å²) in [5, 5.41) is 3.24. The maximum absolute atomic E-state index is 14.0. The molecule has 0 aliphatic heterocycles. The Labute approximate surface area is 241 Å². The summed E-state index contributed by atoms with van der Waals surface area (Å²) in [6.45, 7) is 7.40. The number of halogens is 1. The molecule has 3 aromatic carbocycles. The lowest BCUT2D eigenvalue weighted by molar-refractivity contribution is -0.139. The summed E-state index contributed by atoms with van der Waals surface area (Å²) in [7, 11) is -2.59. The van der Waals surface area contributed by atoms with Gasteiger partial charge in [-0.1, -0.05) is 61.8 Å². The van der Waals surface area contributed by atoms with Gasteiger partial charge < -0.3 is 15.0 Å². The summed E-state index contributed by atoms with van der Waals surface area (Å²) in [6, 6.07) is 19.0. The fourth-order valence-corrected chi connectivity index (χ4v) is 5.55. The van der Waals surface area contributed by atoms with Gasteiger partial charge in [-0.05, 0) is 67.3 Å². The number of hydrogen-bond donors (Lipinski definition) is 1. The summed E-state index contributed by atoms with van der Waals surface area (Å²) < 4.78 is 33.9. The second-order valence-corrected chi connectivity index (χ2v) is 12.2. The molecule has 0 unspecified atom stereocenters. The number of anilines is 1. The largest absolute Gasteiger partial charge is 0.497 e. The lowest BCUT2D eigenvalue weighted by atomic mass is 10.1. The Morgan fingerprint density at radius 2 is 1.62 bits per heavy atom. The molecule has 0 fully saturated rings. The number of methoxy groups -OCH3 is 1. The van der Waals surface area contributed by atoms with Gasteiger partial charge in [0.15, 0.2) is 0 Å². The summed E-state index contributed by atoms with van der Waals surface area (Å²) in [6.07, 6.45) is 0. The van der Waals surface area contributed by atoms with Crippen molar-refractivity contribution in [3.63, 3.8) is 0 Å². The van der Waals surface area contributed by atoms with Crippen molar-refractivity contribution in [3.8, 4) is 5.75 Å². The molecule has 10 heteroatoms. The third-order valence-electron chi connectivity index (χ3n) is 6.42. The van der Waals surface area contributed by atoms with E-state index in [1.807, 2.05) is 13.8 Å². The molecule has 2 amide bonds. The number of hydrogen-bond acceptors (Lipinski definition) is 5. The lowest BCUT2D eigenvalue weighted by Gasteiger charge is -2.32. The van der Waals surface area contributed by atoms with Crippen molar-refractivity contribution >= 4 is 39.1 Å². The van der Waals surface area contributed by atoms with E-state index < -0.39 is 28.5 Å². The van der Waals surface area contributed by atoms with Crippen molar-refractivity contribution in [2.24, 2.45) is 5.92 Å². The highest BCUT2D eigenvalue weighted by Gasteiger charge is 2.32. The summed E-state index contributed by atoms with van der Waals surface area (Å²) in [5.74, 6) is 0.00559. The van der Waals surface area contributed by atoms with E-state index in [1.54, 1.807) is 75.6 Å². The predicted molar refractivity (Wildman–Crippen MR) is 158 cm³/mol. The van der Waals surface area contributed by atoms with Crippen molar-refractivity contribution in [1.82, 2.24) is 10.2 Å². The number of sulfonamides is 1. The highest BCUT2D eigenvalue weighted by molar-refractivity contribution is 7.92. The predicted octanol–water partition coefficient (Wildman–Crippen LogP) is 5.04. The van der Waals surface area contributed by atoms with Crippen LogP contribution in [-0.2, 0) is 26.2 Å². The zero-order chi connectivity index (χ0) is 29.4. The molecule has 3 rings (SSSR count). The molecule has 0 saturated heterocycles. The zero-order valence-electron chi connectivity index (χ0n) is 23.4. The highest BCUT2D eigenvalue weighted by atomic mass is 35.5. The topological polar surface area (TPSA) is 96.0 Å². The Hall–Kier alpha value is -3.56. The van der Waals surface area contributed by atoms with E-state index in [4.69, 9.17) is 16.3 Å². The minimum atomic E-state index is -4.15. The number of benzene rings is 3. The van der Waals surface area contributed by atoms with Crippen molar-refractivity contribution < 1.29 is 22.7 Å². The van der Waals surface area contributed by atoms with Gasteiger partial charge in [0.05, 0.1) is 17.7 Å². The average molecular weight is 586 g/mol. The molecule has 0 radical (unpaired) electrons. The number of carbonyl (C=O) groups excluding carboxylic acids is 2. The second kappa shape index (κ2) is 13.7. The quantitative estimate of drug-likeness (QED) is 0.321. The van der Waals surface area contributed by atoms with Gasteiger partial charge in [0, 0.05) is 18.1 Å². The maximum atomic E-state index is 14.0. The zero-order valence-corrected chi connectivity index (χ0v) is 25.0. The fourth-order valence-electron chi connectivity index (χ4n) is 3.95. The van der Waals surface area contributed by atoms with E-state index in [1.165, 1.54) is 23.1 Å². The molecule has 8 nitrogen and oxygen atoms in total. The van der Waals surface area contributed by atoms with Crippen LogP contribution in [0.25, 0.3) is 0 Å². The molecule has 0 aromatic heterocycles. The molecule has 0 heterocycles. The summed E-state index contributed by atoms with van der Waals surface area (Å²) >= 11 is 6.36. The maximum Gasteiger partial charge on any atom is 0.264 e. The Morgan fingerprint density at radius 3 is 2.20 bits per heavy atom. The Morgan fingerprint density at radius 1 is 0.975 bits per heavy atom. The van der Waals surface area contributed by atoms with E-state index >= 15 is 0 Å². The monoisotopic (exact) mass is 585 g/mol. The van der Waals surface area contributed by atoms with Crippen LogP contribution >= 0.6 is 11.6 Å². The first-order chi connectivity index (χ1) is 18.9. The van der Waals surface area contributed by atoms with Gasteiger partial charge >= 0.3 is 0 Å². The van der Waals surface area contributed by atoms with Crippen LogP contribution in [-0.4, -0.2) is 51.4 Å². The number of aryl methyl sites for hydroxylation is 1. The summed E-state index contributed by atoms with van der Waals surface area (Å²) in [5.41, 5.74) is 1.77. The van der Waals surface area contributed by atoms with Gasteiger partial charge in [-0.25, -0.2) is 8.42 Å². The minimum absolute atomic E-state index is 0.0314. The molecular formula is C30H36ClN3O5S. The van der Waals surface area contributed by atoms with E-state index in [-0.39, 0.29) is 29.0 Å². The van der Waals surface area contributed by atoms with Gasteiger partial charge in [-0.3, -0.25) is 13.9 Å². The first-order valence-electron chi connectivity index (χ1n) is 13.0. The van der Waals surface area contributed by atoms with Gasteiger partial charge in [0.1, 0.15) is 18.3 Å². The molecule has 0 spiro atoms. The molecule has 0 aliphatic rings. The fraction of sp³-hybridized carbons (Fsp3) is 0.333. The van der Waals surface area contributed by atoms with Crippen LogP contribution in [0.1, 0.15) is 31.9 Å². The first kappa shape index (κ1) is 31.0. The molecular weight excluding hydrogens is 550 g/mol. The van der Waals surface area contributed by atoms with Gasteiger partial charge in [0.2, 0.25) is 11.8 Å². The number of amides is 2. The number of nitrogens with zero attached hydrogens (tertiary/aromatic N) is 2. The molecule has 0 aliphatic carbocycles. The Kier molecular flexibility index (Phi) is 10.6. The van der Waals surface area contributed by atoms with Crippen molar-refractivity contribution in [3.05, 3.63) is 88.9 Å². The first-order valence-corrected chi connectivity index (χ1v) is 14.8. The van der Waals surface area contributed by atoms with Crippen LogP contribution in [0.4, 0.5) is 5.69 Å². The smallest absolute Gasteiger partial charge is 0.264 e. The Bertz CT molecular complexity index is 1410. The number of nitrogens with one attached hydrogen (secondary N) is 1. The standard InChI is InChI=1S/C30H36ClN3O5S/c1-21(2)18-32-30(36)23(4)33(19-24-12-15-26(39-5)16-13-24)29(35)20-34(25-14-11-22(3)28(31)17-25)40(37,38)27-9-7-6-8-10-27/h6-17,21,23H,18-20H2,1-5H3,(H,32,36)/t23-/m1/s1.